The summed E-state index contributed by atoms with van der Waals surface area (Å²) in [5.74, 6) is 0. The van der Waals surface area contributed by atoms with E-state index in [0.717, 1.165) is 0 Å². The molecule has 0 aliphatic rings. The fraction of sp³-hybridized carbons (Fsp3) is 1.00. The summed E-state index contributed by atoms with van der Waals surface area (Å²) in [6.07, 6.45) is 0. The third-order valence-corrected chi connectivity index (χ3v) is 0. The van der Waals surface area contributed by atoms with Crippen LogP contribution in [0.25, 0.3) is 12.3 Å². The fourth-order valence-corrected chi connectivity index (χ4v) is 0. The molecule has 0 saturated carbocycles. The maximum absolute atomic E-state index is 0. The second-order valence-corrected chi connectivity index (χ2v) is 0. The molecule has 0 aromatic carbocycles. The topological polar surface area (TPSA) is 61.0 Å². The minimum absolute atomic E-state index is 0. The molecule has 0 atom stereocenters. The fourth-order valence-electron chi connectivity index (χ4n) is 0. The Kier molecular flexibility index (Phi) is 2690. The Morgan fingerprint density at radius 1 is 0.750 bits per heavy atom. The number of nitrogens with zero attached hydrogens (tertiary/aromatic N) is 2. The van der Waals surface area contributed by atoms with Gasteiger partial charge in [-0.15, -0.1) is 0 Å². The summed E-state index contributed by atoms with van der Waals surface area (Å²) in [6.45, 7) is 0. The molecule has 2 nitrogen and oxygen atoms in total. The zero-order valence-corrected chi connectivity index (χ0v) is 4.24. The van der Waals surface area contributed by atoms with E-state index in [1.54, 1.807) is 0 Å². The van der Waals surface area contributed by atoms with E-state index in [-0.39, 0.29) is 40.8 Å². The Balaban J connectivity index is 0. The first-order valence-electron chi connectivity index (χ1n) is 0. The van der Waals surface area contributed by atoms with E-state index in [9.17, 15) is 0 Å². The van der Waals surface area contributed by atoms with Crippen LogP contribution in [0, 0.1) is 0 Å². The van der Waals surface area contributed by atoms with Crippen molar-refractivity contribution in [2.75, 3.05) is 0 Å². The molecule has 0 bridgehead atoms. The van der Waals surface area contributed by atoms with Crippen molar-refractivity contribution in [1.29, 1.82) is 0 Å². The van der Waals surface area contributed by atoms with Crippen LogP contribution in [0.15, 0.2) is 0 Å². The molecule has 0 aliphatic heterocycles. The maximum atomic E-state index is 0. The van der Waals surface area contributed by atoms with Gasteiger partial charge in [0.25, 0.3) is 0 Å². The Morgan fingerprint density at radius 2 is 0.750 bits per heavy atom. The summed E-state index contributed by atoms with van der Waals surface area (Å²) in [5.41, 5.74) is 0. The summed E-state index contributed by atoms with van der Waals surface area (Å²) < 4.78 is 0. The predicted molar refractivity (Wildman–Crippen MR) is 13.4 cm³/mol. The van der Waals surface area contributed by atoms with Crippen LogP contribution in [0.2, 0.25) is 0 Å². The smallest absolute Gasteiger partial charge is 3.00 e. The molecule has 0 fully saturated rings. The third kappa shape index (κ3) is 18.2. The van der Waals surface area contributed by atoms with Gasteiger partial charge in [0.2, 0.25) is 0 Å². The van der Waals surface area contributed by atoms with Crippen LogP contribution in [0.4, 0.5) is 0 Å². The van der Waals surface area contributed by atoms with Crippen molar-refractivity contribution >= 4 is 0 Å². The molecule has 0 radical (unpaired) electrons. The molecule has 4 heavy (non-hydrogen) atoms. The predicted octanol–water partition coefficient (Wildman–Crippen LogP) is 1.21. The van der Waals surface area contributed by atoms with Gasteiger partial charge in [-0.05, 0) is 0 Å². The number of hydrogen-bond acceptors (Lipinski definition) is 0. The third-order valence-electron chi connectivity index (χ3n) is 0. The minimum atomic E-state index is 0. The van der Waals surface area contributed by atoms with Gasteiger partial charge >= 0.3 is 21.1 Å². The molecule has 0 unspecified atom stereocenters. The summed E-state index contributed by atoms with van der Waals surface area (Å²) in [4.78, 5) is 0. The second-order valence-electron chi connectivity index (χ2n) is 0. The second kappa shape index (κ2) is 66.3. The minimum Gasteiger partial charge on any atom is -3.00 e. The average Bonchev–Trinajstić information content (AvgIpc) is 0. The van der Waals surface area contributed by atoms with Crippen molar-refractivity contribution in [2.24, 2.45) is 0 Å². The molecule has 0 rings (SSSR count). The van der Waals surface area contributed by atoms with Gasteiger partial charge < -0.3 is 12.3 Å². The Morgan fingerprint density at radius 3 is 0.750 bits per heavy atom. The Hall–Kier alpha value is 0.608. The van der Waals surface area contributed by atoms with Crippen molar-refractivity contribution in [1.82, 2.24) is 0 Å². The summed E-state index contributed by atoms with van der Waals surface area (Å²) in [5, 5.41) is 0. The van der Waals surface area contributed by atoms with Crippen LogP contribution in [0.5, 0.6) is 0 Å². The van der Waals surface area contributed by atoms with Gasteiger partial charge in [-0.3, -0.25) is 0 Å². The van der Waals surface area contributed by atoms with E-state index in [4.69, 9.17) is 0 Å². The van der Waals surface area contributed by atoms with Crippen LogP contribution >= 0.6 is 0 Å². The summed E-state index contributed by atoms with van der Waals surface area (Å²) >= 11 is 0. The van der Waals surface area contributed by atoms with Crippen LogP contribution in [0.1, 0.15) is 7.43 Å². The van der Waals surface area contributed by atoms with Crippen LogP contribution in [0.3, 0.4) is 0 Å². The van der Waals surface area contributed by atoms with Gasteiger partial charge in [0.1, 0.15) is 0 Å². The van der Waals surface area contributed by atoms with Crippen LogP contribution in [-0.4, -0.2) is 0 Å². The van der Waals surface area contributed by atoms with Crippen molar-refractivity contribution < 1.29 is 21.1 Å². The van der Waals surface area contributed by atoms with Crippen molar-refractivity contribution in [3.63, 3.8) is 0 Å². The summed E-state index contributed by atoms with van der Waals surface area (Å²) in [6, 6.07) is 0. The molecular formula is CH4N2W. The largest absolute Gasteiger partial charge is 6.00 e. The van der Waals surface area contributed by atoms with Crippen molar-refractivity contribution in [3.05, 3.63) is 12.3 Å². The van der Waals surface area contributed by atoms with Gasteiger partial charge in [-0.2, -0.15) is 0 Å². The molecule has 0 saturated heterocycles. The van der Waals surface area contributed by atoms with E-state index in [1.165, 1.54) is 0 Å². The average molecular weight is 228 g/mol. The number of hydrogen-bond donors (Lipinski definition) is 0. The van der Waals surface area contributed by atoms with Crippen molar-refractivity contribution in [2.45, 2.75) is 7.43 Å². The molecule has 3 heteroatoms. The van der Waals surface area contributed by atoms with Crippen LogP contribution in [-0.2, 0) is 21.1 Å². The molecule has 0 aromatic rings. The molecule has 24 valence electrons. The molecule has 0 N–H and O–H groups in total. The van der Waals surface area contributed by atoms with Gasteiger partial charge in [0.15, 0.2) is 0 Å². The van der Waals surface area contributed by atoms with Gasteiger partial charge in [-0.1, -0.05) is 7.43 Å². The molecule has 0 amide bonds. The Labute approximate surface area is 41.4 Å². The first kappa shape index (κ1) is 162. The number of rotatable bonds is 0. The molecule has 0 spiro atoms. The SMILES string of the molecule is C.[N-3].[N-3].[W+6]. The molecule has 0 heterocycles. The van der Waals surface area contributed by atoms with E-state index in [0.29, 0.717) is 0 Å². The summed E-state index contributed by atoms with van der Waals surface area (Å²) in [7, 11) is 0. The zero-order chi connectivity index (χ0) is 0. The normalized spacial score (nSPS) is 0. The molecular weight excluding hydrogens is 224 g/mol. The molecule has 0 aliphatic carbocycles. The quantitative estimate of drug-likeness (QED) is 0.598. The van der Waals surface area contributed by atoms with Gasteiger partial charge in [-0.25, -0.2) is 0 Å². The monoisotopic (exact) mass is 228 g/mol. The first-order valence-corrected chi connectivity index (χ1v) is 0. The van der Waals surface area contributed by atoms with E-state index in [2.05, 4.69) is 0 Å². The van der Waals surface area contributed by atoms with E-state index >= 15 is 0 Å². The maximum Gasteiger partial charge on any atom is 6.00 e. The van der Waals surface area contributed by atoms with E-state index < -0.39 is 0 Å². The van der Waals surface area contributed by atoms with Crippen molar-refractivity contribution in [3.8, 4) is 0 Å². The molecule has 0 aromatic heterocycles. The Bertz CT molecular complexity index is 6.00. The standard InChI is InChI=1S/CH4.2N.W/h1H4;;;/q;2*-3;+6. The van der Waals surface area contributed by atoms with Gasteiger partial charge in [0.05, 0.1) is 0 Å². The van der Waals surface area contributed by atoms with Gasteiger partial charge in [0, 0.05) is 0 Å². The van der Waals surface area contributed by atoms with E-state index in [1.807, 2.05) is 0 Å². The first-order chi connectivity index (χ1) is 0. The zero-order valence-electron chi connectivity index (χ0n) is 1.30. The van der Waals surface area contributed by atoms with Crippen LogP contribution < -0.4 is 0 Å².